The van der Waals surface area contributed by atoms with E-state index < -0.39 is 9.84 Å². The van der Waals surface area contributed by atoms with Gasteiger partial charge in [-0.15, -0.1) is 0 Å². The topological polar surface area (TPSA) is 72.9 Å². The molecule has 0 radical (unpaired) electrons. The molecule has 1 atom stereocenters. The van der Waals surface area contributed by atoms with Gasteiger partial charge in [-0.2, -0.15) is 0 Å². The predicted molar refractivity (Wildman–Crippen MR) is 92.8 cm³/mol. The summed E-state index contributed by atoms with van der Waals surface area (Å²) in [6.45, 7) is 2.94. The molecule has 1 aliphatic heterocycles. The molecule has 0 N–H and O–H groups in total. The molecule has 134 valence electrons. The van der Waals surface area contributed by atoms with E-state index in [4.69, 9.17) is 9.47 Å². The third-order valence-electron chi connectivity index (χ3n) is 4.29. The predicted octanol–water partition coefficient (Wildman–Crippen LogP) is 1.79. The van der Waals surface area contributed by atoms with Crippen LogP contribution in [0.25, 0.3) is 0 Å². The Labute approximate surface area is 143 Å². The Morgan fingerprint density at radius 2 is 1.96 bits per heavy atom. The average molecular weight is 355 g/mol. The van der Waals surface area contributed by atoms with E-state index in [1.54, 1.807) is 25.3 Å². The molecule has 2 rings (SSSR count). The number of benzene rings is 1. The zero-order chi connectivity index (χ0) is 17.7. The van der Waals surface area contributed by atoms with Crippen LogP contribution in [-0.4, -0.2) is 64.0 Å². The number of ketones is 1. The van der Waals surface area contributed by atoms with Gasteiger partial charge in [-0.3, -0.25) is 9.69 Å². The van der Waals surface area contributed by atoms with Crippen LogP contribution in [-0.2, 0) is 9.84 Å². The van der Waals surface area contributed by atoms with E-state index in [9.17, 15) is 13.2 Å². The Bertz CT molecular complexity index is 686. The number of hydrogen-bond acceptors (Lipinski definition) is 6. The molecule has 0 aliphatic carbocycles. The van der Waals surface area contributed by atoms with Gasteiger partial charge in [0.2, 0.25) is 0 Å². The van der Waals surface area contributed by atoms with Gasteiger partial charge in [0.25, 0.3) is 0 Å². The quantitative estimate of drug-likeness (QED) is 0.662. The van der Waals surface area contributed by atoms with E-state index in [0.29, 0.717) is 30.0 Å². The van der Waals surface area contributed by atoms with Gasteiger partial charge in [0.1, 0.15) is 0 Å². The van der Waals surface area contributed by atoms with E-state index in [0.717, 1.165) is 6.42 Å². The third kappa shape index (κ3) is 4.48. The van der Waals surface area contributed by atoms with Gasteiger partial charge in [-0.25, -0.2) is 8.42 Å². The molecular formula is C17H25NO5S. The largest absolute Gasteiger partial charge is 0.493 e. The molecule has 0 spiro atoms. The average Bonchev–Trinajstić information content (AvgIpc) is 2.93. The first kappa shape index (κ1) is 18.7. The van der Waals surface area contributed by atoms with Crippen molar-refractivity contribution in [2.24, 2.45) is 0 Å². The van der Waals surface area contributed by atoms with E-state index >= 15 is 0 Å². The van der Waals surface area contributed by atoms with Crippen LogP contribution in [0.5, 0.6) is 11.5 Å². The molecule has 1 aromatic rings. The third-order valence-corrected chi connectivity index (χ3v) is 6.04. The molecule has 0 aromatic heterocycles. The maximum absolute atomic E-state index is 12.6. The second-order valence-electron chi connectivity index (χ2n) is 6.02. The fourth-order valence-electron chi connectivity index (χ4n) is 3.03. The van der Waals surface area contributed by atoms with Gasteiger partial charge in [0.15, 0.2) is 27.1 Å². The normalized spacial score (nSPS) is 19.4. The minimum Gasteiger partial charge on any atom is -0.493 e. The first-order valence-electron chi connectivity index (χ1n) is 8.10. The van der Waals surface area contributed by atoms with E-state index in [2.05, 4.69) is 0 Å². The molecule has 1 fully saturated rings. The highest BCUT2D eigenvalue weighted by molar-refractivity contribution is 7.91. The van der Waals surface area contributed by atoms with Crippen molar-refractivity contribution in [2.75, 3.05) is 38.8 Å². The summed E-state index contributed by atoms with van der Waals surface area (Å²) in [5.41, 5.74) is 0.537. The number of rotatable bonds is 8. The number of carbonyl (C=O) groups is 1. The van der Waals surface area contributed by atoms with E-state index in [-0.39, 0.29) is 29.9 Å². The number of hydrogen-bond donors (Lipinski definition) is 0. The standard InChI is InChI=1S/C17H25NO5S/c1-4-8-18(14-7-9-24(20,21)12-14)11-15(19)13-5-6-16(22-2)17(10-13)23-3/h5-6,10,14H,4,7-9,11-12H2,1-3H3/t14-/m0/s1. The molecule has 0 amide bonds. The summed E-state index contributed by atoms with van der Waals surface area (Å²) in [4.78, 5) is 14.6. The summed E-state index contributed by atoms with van der Waals surface area (Å²) in [6.07, 6.45) is 1.47. The SMILES string of the molecule is CCCN(CC(=O)c1ccc(OC)c(OC)c1)[C@H]1CCS(=O)(=O)C1. The lowest BCUT2D eigenvalue weighted by Crippen LogP contribution is -2.40. The van der Waals surface area contributed by atoms with Crippen LogP contribution in [0.4, 0.5) is 0 Å². The minimum atomic E-state index is -2.97. The van der Waals surface area contributed by atoms with Crippen LogP contribution < -0.4 is 9.47 Å². The van der Waals surface area contributed by atoms with Crippen molar-refractivity contribution >= 4 is 15.6 Å². The van der Waals surface area contributed by atoms with Crippen LogP contribution in [0.1, 0.15) is 30.1 Å². The van der Waals surface area contributed by atoms with Crippen molar-refractivity contribution in [3.05, 3.63) is 23.8 Å². The maximum Gasteiger partial charge on any atom is 0.176 e. The summed E-state index contributed by atoms with van der Waals surface area (Å²) in [7, 11) is 0.103. The second kappa shape index (κ2) is 7.98. The summed E-state index contributed by atoms with van der Waals surface area (Å²) in [5.74, 6) is 1.39. The number of Topliss-reactive ketones (excluding diaryl/α,β-unsaturated/α-hetero) is 1. The number of methoxy groups -OCH3 is 2. The van der Waals surface area contributed by atoms with Gasteiger partial charge in [0.05, 0.1) is 32.3 Å². The number of sulfone groups is 1. The molecule has 1 aromatic carbocycles. The molecule has 6 nitrogen and oxygen atoms in total. The maximum atomic E-state index is 12.6. The number of nitrogens with zero attached hydrogens (tertiary/aromatic N) is 1. The van der Waals surface area contributed by atoms with Gasteiger partial charge in [-0.05, 0) is 37.6 Å². The summed E-state index contributed by atoms with van der Waals surface area (Å²) in [5, 5.41) is 0. The Morgan fingerprint density at radius 3 is 2.50 bits per heavy atom. The fourth-order valence-corrected chi connectivity index (χ4v) is 4.79. The highest BCUT2D eigenvalue weighted by Crippen LogP contribution is 2.28. The summed E-state index contributed by atoms with van der Waals surface area (Å²) < 4.78 is 33.9. The van der Waals surface area contributed by atoms with Crippen LogP contribution in [0.2, 0.25) is 0 Å². The zero-order valence-corrected chi connectivity index (χ0v) is 15.3. The number of ether oxygens (including phenoxy) is 2. The molecule has 0 saturated carbocycles. The molecule has 0 unspecified atom stereocenters. The molecule has 24 heavy (non-hydrogen) atoms. The van der Waals surface area contributed by atoms with E-state index in [1.165, 1.54) is 7.11 Å². The lowest BCUT2D eigenvalue weighted by atomic mass is 10.1. The van der Waals surface area contributed by atoms with E-state index in [1.807, 2.05) is 11.8 Å². The van der Waals surface area contributed by atoms with Crippen LogP contribution in [0.3, 0.4) is 0 Å². The summed E-state index contributed by atoms with van der Waals surface area (Å²) in [6, 6.07) is 5.01. The molecule has 0 bridgehead atoms. The lowest BCUT2D eigenvalue weighted by molar-refractivity contribution is 0.0901. The Balaban J connectivity index is 2.13. The van der Waals surface area contributed by atoms with Crippen LogP contribution >= 0.6 is 0 Å². The monoisotopic (exact) mass is 355 g/mol. The Kier molecular flexibility index (Phi) is 6.23. The first-order valence-corrected chi connectivity index (χ1v) is 9.92. The smallest absolute Gasteiger partial charge is 0.176 e. The van der Waals surface area contributed by atoms with Gasteiger partial charge < -0.3 is 9.47 Å². The van der Waals surface area contributed by atoms with Gasteiger partial charge in [-0.1, -0.05) is 6.92 Å². The molecule has 1 saturated heterocycles. The Hall–Kier alpha value is -1.60. The lowest BCUT2D eigenvalue weighted by Gasteiger charge is -2.26. The van der Waals surface area contributed by atoms with Crippen LogP contribution in [0, 0.1) is 0 Å². The highest BCUT2D eigenvalue weighted by Gasteiger charge is 2.32. The van der Waals surface area contributed by atoms with Crippen molar-refractivity contribution in [1.82, 2.24) is 4.90 Å². The zero-order valence-electron chi connectivity index (χ0n) is 14.4. The van der Waals surface area contributed by atoms with Crippen molar-refractivity contribution in [3.63, 3.8) is 0 Å². The molecule has 1 aliphatic rings. The van der Waals surface area contributed by atoms with Crippen molar-refractivity contribution in [1.29, 1.82) is 0 Å². The summed E-state index contributed by atoms with van der Waals surface area (Å²) >= 11 is 0. The van der Waals surface area contributed by atoms with Gasteiger partial charge in [0, 0.05) is 11.6 Å². The minimum absolute atomic E-state index is 0.0475. The molecular weight excluding hydrogens is 330 g/mol. The Morgan fingerprint density at radius 1 is 1.25 bits per heavy atom. The van der Waals surface area contributed by atoms with Gasteiger partial charge >= 0.3 is 0 Å². The van der Waals surface area contributed by atoms with Crippen LogP contribution in [0.15, 0.2) is 18.2 Å². The van der Waals surface area contributed by atoms with Crippen molar-refractivity contribution in [2.45, 2.75) is 25.8 Å². The second-order valence-corrected chi connectivity index (χ2v) is 8.25. The first-order chi connectivity index (χ1) is 11.4. The number of carbonyl (C=O) groups excluding carboxylic acids is 1. The van der Waals surface area contributed by atoms with Crippen molar-refractivity contribution in [3.8, 4) is 11.5 Å². The molecule has 7 heteroatoms. The fraction of sp³-hybridized carbons (Fsp3) is 0.588. The molecule has 1 heterocycles. The highest BCUT2D eigenvalue weighted by atomic mass is 32.2. The van der Waals surface area contributed by atoms with Crippen molar-refractivity contribution < 1.29 is 22.7 Å².